The zero-order valence-electron chi connectivity index (χ0n) is 18.6. The lowest BCUT2D eigenvalue weighted by Crippen LogP contribution is -2.67. The van der Waals surface area contributed by atoms with E-state index in [0.29, 0.717) is 13.2 Å². The molecule has 31 heavy (non-hydrogen) atoms. The lowest BCUT2D eigenvalue weighted by atomic mass is 9.87. The van der Waals surface area contributed by atoms with Crippen LogP contribution in [-0.4, -0.2) is 32.7 Å². The Morgan fingerprint density at radius 3 is 1.77 bits per heavy atom. The van der Waals surface area contributed by atoms with Crippen molar-refractivity contribution in [1.82, 2.24) is 0 Å². The van der Waals surface area contributed by atoms with Gasteiger partial charge in [-0.2, -0.15) is 0 Å². The van der Waals surface area contributed by atoms with Crippen LogP contribution >= 0.6 is 0 Å². The average Bonchev–Trinajstić information content (AvgIpc) is 2.75. The number of hydrogen-bond donors (Lipinski definition) is 1. The quantitative estimate of drug-likeness (QED) is 0.566. The minimum Gasteiger partial charge on any atom is -0.405 e. The van der Waals surface area contributed by atoms with Gasteiger partial charge in [0.2, 0.25) is 0 Å². The molecule has 4 heteroatoms. The summed E-state index contributed by atoms with van der Waals surface area (Å²) < 4.78 is 12.7. The maximum Gasteiger partial charge on any atom is 0.261 e. The average molecular weight is 433 g/mol. The van der Waals surface area contributed by atoms with Crippen molar-refractivity contribution in [2.45, 2.75) is 38.0 Å². The van der Waals surface area contributed by atoms with Gasteiger partial charge >= 0.3 is 0 Å². The Morgan fingerprint density at radius 2 is 1.35 bits per heavy atom. The van der Waals surface area contributed by atoms with Crippen molar-refractivity contribution in [3.63, 3.8) is 0 Å². The van der Waals surface area contributed by atoms with Gasteiger partial charge in [0.15, 0.2) is 0 Å². The topological polar surface area (TPSA) is 38.7 Å². The van der Waals surface area contributed by atoms with E-state index in [1.807, 2.05) is 30.3 Å². The zero-order valence-corrected chi connectivity index (χ0v) is 19.6. The third kappa shape index (κ3) is 4.26. The van der Waals surface area contributed by atoms with Gasteiger partial charge in [-0.3, -0.25) is 0 Å². The number of aliphatic hydroxyl groups is 1. The van der Waals surface area contributed by atoms with Crippen LogP contribution in [0.4, 0.5) is 0 Å². The number of hydrogen-bond acceptors (Lipinski definition) is 3. The van der Waals surface area contributed by atoms with Crippen LogP contribution in [0.1, 0.15) is 32.4 Å². The minimum absolute atomic E-state index is 0.0422. The Labute approximate surface area is 186 Å². The maximum atomic E-state index is 11.1. The van der Waals surface area contributed by atoms with E-state index in [2.05, 4.69) is 81.4 Å². The third-order valence-corrected chi connectivity index (χ3v) is 11.4. The summed E-state index contributed by atoms with van der Waals surface area (Å²) in [6.07, 6.45) is -0.653. The first-order valence-corrected chi connectivity index (χ1v) is 12.9. The molecular weight excluding hydrogens is 400 g/mol. The molecule has 162 valence electrons. The first kappa shape index (κ1) is 22.0. The van der Waals surface area contributed by atoms with E-state index in [0.717, 1.165) is 5.56 Å². The summed E-state index contributed by atoms with van der Waals surface area (Å²) in [5.41, 5.74) is 1.11. The molecule has 0 aromatic heterocycles. The zero-order chi connectivity index (χ0) is 21.9. The van der Waals surface area contributed by atoms with Crippen LogP contribution in [0.25, 0.3) is 0 Å². The Kier molecular flexibility index (Phi) is 6.44. The summed E-state index contributed by atoms with van der Waals surface area (Å²) in [7, 11) is -2.65. The second-order valence-electron chi connectivity index (χ2n) is 9.37. The number of ether oxygens (including phenoxy) is 1. The first-order valence-electron chi connectivity index (χ1n) is 11.0. The third-order valence-electron chi connectivity index (χ3n) is 6.37. The monoisotopic (exact) mass is 432 g/mol. The Morgan fingerprint density at radius 1 is 0.871 bits per heavy atom. The Bertz CT molecular complexity index is 915. The largest absolute Gasteiger partial charge is 0.405 e. The fourth-order valence-electron chi connectivity index (χ4n) is 4.70. The van der Waals surface area contributed by atoms with Gasteiger partial charge < -0.3 is 14.3 Å². The molecule has 3 aromatic rings. The second kappa shape index (κ2) is 9.09. The molecule has 1 heterocycles. The fourth-order valence-corrected chi connectivity index (χ4v) is 9.27. The first-order chi connectivity index (χ1) is 14.9. The lowest BCUT2D eigenvalue weighted by Gasteiger charge is -2.45. The molecule has 3 aromatic carbocycles. The van der Waals surface area contributed by atoms with Gasteiger partial charge in [0.1, 0.15) is 0 Å². The highest BCUT2D eigenvalue weighted by Crippen LogP contribution is 2.40. The molecular formula is C27H32O3Si. The van der Waals surface area contributed by atoms with Gasteiger partial charge in [-0.15, -0.1) is 0 Å². The fraction of sp³-hybridized carbons (Fsp3) is 0.333. The highest BCUT2D eigenvalue weighted by molar-refractivity contribution is 6.99. The molecule has 0 aliphatic carbocycles. The number of benzene rings is 3. The number of rotatable bonds is 7. The predicted octanol–water partition coefficient (Wildman–Crippen LogP) is 4.31. The number of aliphatic hydroxyl groups excluding tert-OH is 1. The predicted molar refractivity (Wildman–Crippen MR) is 128 cm³/mol. The molecule has 1 N–H and O–H groups in total. The van der Waals surface area contributed by atoms with Crippen molar-refractivity contribution < 1.29 is 14.3 Å². The van der Waals surface area contributed by atoms with Crippen LogP contribution in [-0.2, 0) is 9.16 Å². The van der Waals surface area contributed by atoms with E-state index < -0.39 is 14.4 Å². The molecule has 0 amide bonds. The molecule has 4 rings (SSSR count). The lowest BCUT2D eigenvalue weighted by molar-refractivity contribution is -0.167. The van der Waals surface area contributed by atoms with E-state index in [4.69, 9.17) is 9.16 Å². The molecule has 0 radical (unpaired) electrons. The summed E-state index contributed by atoms with van der Waals surface area (Å²) in [4.78, 5) is 0. The van der Waals surface area contributed by atoms with E-state index in [1.165, 1.54) is 10.4 Å². The van der Waals surface area contributed by atoms with E-state index in [9.17, 15) is 5.11 Å². The van der Waals surface area contributed by atoms with E-state index in [1.54, 1.807) is 0 Å². The minimum atomic E-state index is -2.65. The molecule has 1 fully saturated rings. The molecule has 1 aliphatic rings. The van der Waals surface area contributed by atoms with Crippen LogP contribution in [0.2, 0.25) is 5.04 Å². The summed E-state index contributed by atoms with van der Waals surface area (Å²) >= 11 is 0. The van der Waals surface area contributed by atoms with Crippen LogP contribution in [0.5, 0.6) is 0 Å². The molecule has 1 saturated heterocycles. The van der Waals surface area contributed by atoms with Gasteiger partial charge in [-0.25, -0.2) is 0 Å². The van der Waals surface area contributed by atoms with Crippen LogP contribution in [0.3, 0.4) is 0 Å². The molecule has 0 bridgehead atoms. The van der Waals surface area contributed by atoms with Crippen molar-refractivity contribution in [3.05, 3.63) is 96.6 Å². The van der Waals surface area contributed by atoms with Crippen LogP contribution in [0, 0.1) is 5.92 Å². The van der Waals surface area contributed by atoms with Crippen molar-refractivity contribution in [2.75, 3.05) is 13.2 Å². The second-order valence-corrected chi connectivity index (χ2v) is 13.7. The smallest absolute Gasteiger partial charge is 0.261 e. The maximum absolute atomic E-state index is 11.1. The van der Waals surface area contributed by atoms with Crippen LogP contribution < -0.4 is 10.4 Å². The molecule has 1 unspecified atom stereocenters. The normalized spacial score (nSPS) is 20.1. The summed E-state index contributed by atoms with van der Waals surface area (Å²) in [6, 6.07) is 31.3. The molecule has 3 nitrogen and oxygen atoms in total. The van der Waals surface area contributed by atoms with E-state index in [-0.39, 0.29) is 17.1 Å². The van der Waals surface area contributed by atoms with Crippen molar-refractivity contribution in [3.8, 4) is 0 Å². The van der Waals surface area contributed by atoms with Gasteiger partial charge in [0.25, 0.3) is 8.32 Å². The summed E-state index contributed by atoms with van der Waals surface area (Å²) in [5.74, 6) is 0.0422. The van der Waals surface area contributed by atoms with Gasteiger partial charge in [-0.1, -0.05) is 112 Å². The van der Waals surface area contributed by atoms with Crippen LogP contribution in [0.15, 0.2) is 91.0 Å². The molecule has 0 saturated carbocycles. The molecule has 3 atom stereocenters. The summed E-state index contributed by atoms with van der Waals surface area (Å²) in [6.45, 7) is 7.62. The Balaban J connectivity index is 1.63. The highest BCUT2D eigenvalue weighted by Gasteiger charge is 2.51. The van der Waals surface area contributed by atoms with Gasteiger partial charge in [0.05, 0.1) is 25.4 Å². The van der Waals surface area contributed by atoms with Crippen molar-refractivity contribution in [2.24, 2.45) is 5.92 Å². The highest BCUT2D eigenvalue weighted by atomic mass is 28.4. The van der Waals surface area contributed by atoms with Crippen molar-refractivity contribution in [1.29, 1.82) is 0 Å². The molecule has 1 aliphatic heterocycles. The standard InChI is InChI=1S/C27H32O3Si/c1-27(2,3)31(22-15-9-5-10-16-22,23-17-11-6-12-18-23)30-20-25(28)24-19-29-26(24)21-13-7-4-8-14-21/h4-18,24-26,28H,19-20H2,1-3H3/t24-,25?,26-/m1/s1. The van der Waals surface area contributed by atoms with Gasteiger partial charge in [-0.05, 0) is 21.0 Å². The van der Waals surface area contributed by atoms with Gasteiger partial charge in [0, 0.05) is 5.92 Å². The molecule has 0 spiro atoms. The SMILES string of the molecule is CC(C)(C)[Si](OCC(O)[C@H]1CO[C@@H]1c1ccccc1)(c1ccccc1)c1ccccc1. The van der Waals surface area contributed by atoms with Crippen molar-refractivity contribution >= 4 is 18.7 Å². The van der Waals surface area contributed by atoms with E-state index >= 15 is 0 Å². The Hall–Kier alpha value is -2.24. The summed E-state index contributed by atoms with van der Waals surface area (Å²) in [5, 5.41) is 13.5.